The van der Waals surface area contributed by atoms with Crippen molar-refractivity contribution in [3.8, 4) is 6.07 Å². The lowest BCUT2D eigenvalue weighted by molar-refractivity contribution is 0.183. The van der Waals surface area contributed by atoms with E-state index in [4.69, 9.17) is 0 Å². The van der Waals surface area contributed by atoms with E-state index in [1.54, 1.807) is 0 Å². The van der Waals surface area contributed by atoms with Crippen LogP contribution in [0.1, 0.15) is 53.4 Å². The first-order chi connectivity index (χ1) is 7.90. The second-order valence-corrected chi connectivity index (χ2v) is 7.87. The lowest BCUT2D eigenvalue weighted by Gasteiger charge is -2.36. The predicted octanol–water partition coefficient (Wildman–Crippen LogP) is 2.76. The van der Waals surface area contributed by atoms with Crippen molar-refractivity contribution in [3.05, 3.63) is 0 Å². The summed E-state index contributed by atoms with van der Waals surface area (Å²) in [6.07, 6.45) is 4.71. The first kappa shape index (κ1) is 14.8. The Labute approximate surface area is 108 Å². The summed E-state index contributed by atoms with van der Waals surface area (Å²) >= 11 is -1.16. The quantitative estimate of drug-likeness (QED) is 0.769. The van der Waals surface area contributed by atoms with E-state index in [0.717, 1.165) is 6.42 Å². The van der Waals surface area contributed by atoms with Crippen molar-refractivity contribution in [1.82, 2.24) is 4.72 Å². The van der Waals surface area contributed by atoms with Crippen LogP contribution in [0.5, 0.6) is 0 Å². The number of hydrogen-bond donors (Lipinski definition) is 1. The van der Waals surface area contributed by atoms with E-state index in [-0.39, 0.29) is 10.8 Å². The second kappa shape index (κ2) is 6.08. The third kappa shape index (κ3) is 3.87. The normalized spacial score (nSPS) is 22.4. The van der Waals surface area contributed by atoms with E-state index in [1.807, 2.05) is 20.8 Å². The fraction of sp³-hybridized carbons (Fsp3) is 0.923. The zero-order valence-corrected chi connectivity index (χ0v) is 12.1. The maximum Gasteiger partial charge on any atom is 0.142 e. The third-order valence-electron chi connectivity index (χ3n) is 3.58. The fourth-order valence-corrected chi connectivity index (χ4v) is 3.02. The van der Waals surface area contributed by atoms with E-state index < -0.39 is 11.4 Å². The number of nitriles is 1. The summed E-state index contributed by atoms with van der Waals surface area (Å²) in [5.74, 6) is 0.995. The van der Waals surface area contributed by atoms with Crippen LogP contribution in [0.15, 0.2) is 0 Å². The average molecular weight is 256 g/mol. The van der Waals surface area contributed by atoms with Gasteiger partial charge in [0.1, 0.15) is 10.8 Å². The molecule has 1 aliphatic rings. The second-order valence-electron chi connectivity index (χ2n) is 5.87. The van der Waals surface area contributed by atoms with Crippen LogP contribution in [-0.2, 0) is 11.4 Å². The molecule has 98 valence electrons. The lowest BCUT2D eigenvalue weighted by Crippen LogP contribution is -2.49. The van der Waals surface area contributed by atoms with E-state index in [0.29, 0.717) is 11.8 Å². The van der Waals surface area contributed by atoms with E-state index in [1.165, 1.54) is 19.3 Å². The highest BCUT2D eigenvalue weighted by Gasteiger charge is 2.37. The molecule has 1 saturated carbocycles. The molecule has 0 heterocycles. The molecule has 4 heteroatoms. The minimum atomic E-state index is -1.16. The van der Waals surface area contributed by atoms with Crippen molar-refractivity contribution in [1.29, 1.82) is 5.26 Å². The Balaban J connectivity index is 2.60. The molecule has 3 nitrogen and oxygen atoms in total. The fourth-order valence-electron chi connectivity index (χ4n) is 2.21. The van der Waals surface area contributed by atoms with Crippen molar-refractivity contribution in [2.75, 3.05) is 0 Å². The maximum absolute atomic E-state index is 12.0. The molecule has 0 aromatic carbocycles. The van der Waals surface area contributed by atoms with Gasteiger partial charge in [-0.1, -0.05) is 32.6 Å². The summed E-state index contributed by atoms with van der Waals surface area (Å²) < 4.78 is 14.7. The summed E-state index contributed by atoms with van der Waals surface area (Å²) in [5, 5.41) is 9.26. The first-order valence-electron chi connectivity index (χ1n) is 6.47. The molecule has 0 spiro atoms. The van der Waals surface area contributed by atoms with Gasteiger partial charge in [0.05, 0.1) is 6.07 Å². The van der Waals surface area contributed by atoms with E-state index in [2.05, 4.69) is 17.7 Å². The van der Waals surface area contributed by atoms with Gasteiger partial charge in [-0.05, 0) is 32.6 Å². The standard InChI is InChI=1S/C13H24N2OS/c1-5-11(10-7-6-8-10)12(9-14)15-17(16)13(2,3)4/h10-12,15H,5-8H2,1-4H3/t11-,12+,17-/m0/s1. The van der Waals surface area contributed by atoms with Gasteiger partial charge >= 0.3 is 0 Å². The van der Waals surface area contributed by atoms with Crippen molar-refractivity contribution in [2.45, 2.75) is 64.2 Å². The zero-order valence-electron chi connectivity index (χ0n) is 11.3. The monoisotopic (exact) mass is 256 g/mol. The van der Waals surface area contributed by atoms with Crippen LogP contribution in [0.25, 0.3) is 0 Å². The molecular formula is C13H24N2OS. The number of rotatable bonds is 5. The van der Waals surface area contributed by atoms with Gasteiger partial charge < -0.3 is 4.55 Å². The maximum atomic E-state index is 12.0. The summed E-state index contributed by atoms with van der Waals surface area (Å²) in [6, 6.07) is 2.03. The van der Waals surface area contributed by atoms with Crippen LogP contribution in [0.4, 0.5) is 0 Å². The molecule has 1 N–H and O–H groups in total. The SMILES string of the molecule is CC[C@@H](C1CCC1)[C@@H](C#N)N[S@@+]([O-])C(C)(C)C. The molecular weight excluding hydrogens is 232 g/mol. The minimum absolute atomic E-state index is 0.273. The van der Waals surface area contributed by atoms with Gasteiger partial charge in [-0.25, -0.2) is 0 Å². The molecule has 1 aliphatic carbocycles. The molecule has 0 unspecified atom stereocenters. The molecule has 0 bridgehead atoms. The Morgan fingerprint density at radius 1 is 1.47 bits per heavy atom. The van der Waals surface area contributed by atoms with Gasteiger partial charge in [0.25, 0.3) is 0 Å². The van der Waals surface area contributed by atoms with Crippen LogP contribution in [0.3, 0.4) is 0 Å². The Morgan fingerprint density at radius 2 is 2.06 bits per heavy atom. The van der Waals surface area contributed by atoms with Crippen LogP contribution in [0, 0.1) is 23.2 Å². The Hall–Kier alpha value is -0.240. The molecule has 0 aromatic heterocycles. The molecule has 3 atom stereocenters. The largest absolute Gasteiger partial charge is 0.598 e. The highest BCUT2D eigenvalue weighted by molar-refractivity contribution is 7.90. The van der Waals surface area contributed by atoms with Crippen LogP contribution in [-0.4, -0.2) is 15.3 Å². The Kier molecular flexibility index (Phi) is 5.30. The van der Waals surface area contributed by atoms with Crippen LogP contribution < -0.4 is 4.72 Å². The summed E-state index contributed by atoms with van der Waals surface area (Å²) in [4.78, 5) is 0. The Morgan fingerprint density at radius 3 is 2.35 bits per heavy atom. The molecule has 1 fully saturated rings. The molecule has 0 amide bonds. The molecule has 1 rings (SSSR count). The average Bonchev–Trinajstić information content (AvgIpc) is 2.18. The molecule has 0 aliphatic heterocycles. The molecule has 0 aromatic rings. The van der Waals surface area contributed by atoms with Gasteiger partial charge in [0.2, 0.25) is 0 Å². The van der Waals surface area contributed by atoms with Crippen molar-refractivity contribution >= 4 is 11.4 Å². The topological polar surface area (TPSA) is 58.9 Å². The highest BCUT2D eigenvalue weighted by Crippen LogP contribution is 2.37. The van der Waals surface area contributed by atoms with Gasteiger partial charge in [0, 0.05) is 11.4 Å². The predicted molar refractivity (Wildman–Crippen MR) is 71.6 cm³/mol. The number of nitrogens with zero attached hydrogens (tertiary/aromatic N) is 1. The van der Waals surface area contributed by atoms with Crippen LogP contribution in [0.2, 0.25) is 0 Å². The smallest absolute Gasteiger partial charge is 0.142 e. The minimum Gasteiger partial charge on any atom is -0.598 e. The van der Waals surface area contributed by atoms with Crippen molar-refractivity contribution in [3.63, 3.8) is 0 Å². The lowest BCUT2D eigenvalue weighted by atomic mass is 9.72. The molecule has 17 heavy (non-hydrogen) atoms. The van der Waals surface area contributed by atoms with Crippen LogP contribution >= 0.6 is 0 Å². The van der Waals surface area contributed by atoms with E-state index >= 15 is 0 Å². The molecule has 0 saturated heterocycles. The number of hydrogen-bond acceptors (Lipinski definition) is 3. The van der Waals surface area contributed by atoms with E-state index in [9.17, 15) is 9.81 Å². The summed E-state index contributed by atoms with van der Waals surface area (Å²) in [5.41, 5.74) is 0. The van der Waals surface area contributed by atoms with Gasteiger partial charge in [-0.15, -0.1) is 4.72 Å². The zero-order chi connectivity index (χ0) is 13.1. The summed E-state index contributed by atoms with van der Waals surface area (Å²) in [7, 11) is 0. The van der Waals surface area contributed by atoms with Gasteiger partial charge in [-0.2, -0.15) is 5.26 Å². The van der Waals surface area contributed by atoms with Crippen molar-refractivity contribution < 1.29 is 4.55 Å². The van der Waals surface area contributed by atoms with Gasteiger partial charge in [-0.3, -0.25) is 0 Å². The van der Waals surface area contributed by atoms with Crippen molar-refractivity contribution in [2.24, 2.45) is 11.8 Å². The summed E-state index contributed by atoms with van der Waals surface area (Å²) in [6.45, 7) is 7.90. The highest BCUT2D eigenvalue weighted by atomic mass is 32.2. The first-order valence-corrected chi connectivity index (χ1v) is 7.62. The third-order valence-corrected chi connectivity index (χ3v) is 5.16. The molecule has 0 radical (unpaired) electrons. The Bertz CT molecular complexity index is 278. The number of nitrogens with one attached hydrogen (secondary N) is 1. The van der Waals surface area contributed by atoms with Gasteiger partial charge in [0.15, 0.2) is 0 Å².